The molecule has 1 aliphatic heterocycles. The second kappa shape index (κ2) is 15.5. The molecule has 4 rings (SSSR count). The van der Waals surface area contributed by atoms with Crippen molar-refractivity contribution in [2.75, 3.05) is 20.3 Å². The highest BCUT2D eigenvalue weighted by Crippen LogP contribution is 2.42. The van der Waals surface area contributed by atoms with Gasteiger partial charge in [0.15, 0.2) is 18.3 Å². The third kappa shape index (κ3) is 8.44. The summed E-state index contributed by atoms with van der Waals surface area (Å²) in [4.78, 5) is 61.7. The van der Waals surface area contributed by atoms with Crippen LogP contribution in [-0.4, -0.2) is 74.6 Å². The molecule has 0 saturated carbocycles. The monoisotopic (exact) mass is 650 g/mol. The fourth-order valence-electron chi connectivity index (χ4n) is 5.75. The number of ether oxygens (including phenoxy) is 7. The summed E-state index contributed by atoms with van der Waals surface area (Å²) >= 11 is 0. The summed E-state index contributed by atoms with van der Waals surface area (Å²) in [5, 5.41) is 0. The fraction of sp³-hybridized carbons (Fsp3) is 0.400. The minimum absolute atomic E-state index is 0.273. The first-order chi connectivity index (χ1) is 22.4. The summed E-state index contributed by atoms with van der Waals surface area (Å²) in [6.07, 6.45) is -5.92. The maximum absolute atomic E-state index is 13.0. The van der Waals surface area contributed by atoms with Crippen molar-refractivity contribution in [3.05, 3.63) is 76.9 Å². The molecule has 2 aliphatic carbocycles. The van der Waals surface area contributed by atoms with Gasteiger partial charge in [0.25, 0.3) is 0 Å². The number of carbonyl (C=O) groups is 5. The lowest BCUT2D eigenvalue weighted by Crippen LogP contribution is -2.59. The summed E-state index contributed by atoms with van der Waals surface area (Å²) in [7, 11) is 1.33. The van der Waals surface area contributed by atoms with Gasteiger partial charge in [0.05, 0.1) is 19.3 Å². The Labute approximate surface area is 272 Å². The van der Waals surface area contributed by atoms with Crippen LogP contribution in [0.3, 0.4) is 0 Å². The first-order valence-electron chi connectivity index (χ1n) is 15.1. The van der Waals surface area contributed by atoms with Crippen LogP contribution in [-0.2, 0) is 54.0 Å². The van der Waals surface area contributed by atoms with Crippen LogP contribution in [0.25, 0.3) is 11.1 Å². The SMILES string of the molecule is CCOc1ccc(Cc2cc3cccccc-3c2C(=O)OC)cc1[C@@H]1O[C@H](COC(C)=O)[C@@H](OC(C)=O)[C@H](OC(C)=O)[C@H]1OC(C)=O. The number of hydrogen-bond acceptors (Lipinski definition) is 12. The van der Waals surface area contributed by atoms with E-state index in [1.165, 1.54) is 21.0 Å². The molecule has 0 bridgehead atoms. The fourth-order valence-corrected chi connectivity index (χ4v) is 5.75. The van der Waals surface area contributed by atoms with Crippen molar-refractivity contribution in [2.45, 2.75) is 71.6 Å². The van der Waals surface area contributed by atoms with E-state index in [4.69, 9.17) is 33.2 Å². The second-order valence-corrected chi connectivity index (χ2v) is 10.9. The molecular weight excluding hydrogens is 612 g/mol. The average molecular weight is 651 g/mol. The molecule has 1 aromatic rings. The molecule has 0 spiro atoms. The van der Waals surface area contributed by atoms with Crippen molar-refractivity contribution in [3.63, 3.8) is 0 Å². The normalized spacial score (nSPS) is 20.5. The van der Waals surface area contributed by atoms with Gasteiger partial charge in [-0.1, -0.05) is 36.4 Å². The van der Waals surface area contributed by atoms with Gasteiger partial charge in [-0.05, 0) is 53.8 Å². The summed E-state index contributed by atoms with van der Waals surface area (Å²) in [6.45, 7) is 6.42. The van der Waals surface area contributed by atoms with E-state index in [-0.39, 0.29) is 13.2 Å². The molecule has 0 radical (unpaired) electrons. The molecule has 0 aromatic heterocycles. The number of carbonyl (C=O) groups excluding carboxylic acids is 5. The van der Waals surface area contributed by atoms with Crippen molar-refractivity contribution >= 4 is 29.8 Å². The standard InChI is InChI=1S/C35H38O12/c1-7-42-28-14-13-23(15-25-17-24-11-9-8-10-12-26(24)30(25)35(40)41-6)16-27(28)31-33(45-21(4)38)34(46-22(5)39)32(44-20(3)37)29(47-31)18-43-19(2)36/h8-14,16-17,29,31-34H,7,15,18H2,1-6H3/t29-,31+,32-,33+,34+/m1/s1. The van der Waals surface area contributed by atoms with Crippen LogP contribution < -0.4 is 4.74 Å². The minimum atomic E-state index is -1.34. The molecule has 0 unspecified atom stereocenters. The van der Waals surface area contributed by atoms with Gasteiger partial charge in [-0.25, -0.2) is 4.79 Å². The van der Waals surface area contributed by atoms with Crippen LogP contribution >= 0.6 is 0 Å². The number of rotatable bonds is 11. The topological polar surface area (TPSA) is 150 Å². The van der Waals surface area contributed by atoms with E-state index in [2.05, 4.69) is 0 Å². The van der Waals surface area contributed by atoms with Gasteiger partial charge in [-0.2, -0.15) is 0 Å². The van der Waals surface area contributed by atoms with Crippen molar-refractivity contribution in [1.82, 2.24) is 0 Å². The Balaban J connectivity index is 1.86. The van der Waals surface area contributed by atoms with Crippen LogP contribution in [0.2, 0.25) is 0 Å². The lowest BCUT2D eigenvalue weighted by molar-refractivity contribution is -0.254. The number of benzene rings is 1. The first kappa shape index (κ1) is 34.9. The zero-order valence-electron chi connectivity index (χ0n) is 27.1. The molecule has 12 heteroatoms. The molecule has 0 amide bonds. The van der Waals surface area contributed by atoms with Crippen LogP contribution in [0.5, 0.6) is 5.75 Å². The Morgan fingerprint density at radius 2 is 1.43 bits per heavy atom. The molecule has 3 aliphatic rings. The Kier molecular flexibility index (Phi) is 11.5. The molecule has 1 saturated heterocycles. The van der Waals surface area contributed by atoms with Crippen LogP contribution in [0.15, 0.2) is 54.6 Å². The van der Waals surface area contributed by atoms with E-state index in [1.54, 1.807) is 19.1 Å². The summed E-state index contributed by atoms with van der Waals surface area (Å²) in [5.41, 5.74) is 3.90. The number of fused-ring (bicyclic) bond motifs is 1. The average Bonchev–Trinajstić information content (AvgIpc) is 3.17. The van der Waals surface area contributed by atoms with E-state index in [0.29, 0.717) is 23.3 Å². The van der Waals surface area contributed by atoms with Gasteiger partial charge in [0, 0.05) is 33.3 Å². The van der Waals surface area contributed by atoms with Gasteiger partial charge < -0.3 is 33.2 Å². The Morgan fingerprint density at radius 3 is 2.06 bits per heavy atom. The van der Waals surface area contributed by atoms with Crippen molar-refractivity contribution in [3.8, 4) is 16.9 Å². The molecule has 47 heavy (non-hydrogen) atoms. The molecule has 12 nitrogen and oxygen atoms in total. The maximum atomic E-state index is 13.0. The van der Waals surface area contributed by atoms with E-state index in [1.807, 2.05) is 42.5 Å². The van der Waals surface area contributed by atoms with Gasteiger partial charge >= 0.3 is 29.8 Å². The highest BCUT2D eigenvalue weighted by molar-refractivity contribution is 6.01. The third-order valence-corrected chi connectivity index (χ3v) is 7.45. The maximum Gasteiger partial charge on any atom is 0.338 e. The molecule has 1 aromatic carbocycles. The zero-order chi connectivity index (χ0) is 34.2. The highest BCUT2D eigenvalue weighted by Gasteiger charge is 2.53. The zero-order valence-corrected chi connectivity index (χ0v) is 27.1. The first-order valence-corrected chi connectivity index (χ1v) is 15.1. The largest absolute Gasteiger partial charge is 0.493 e. The summed E-state index contributed by atoms with van der Waals surface area (Å²) < 4.78 is 39.6. The number of methoxy groups -OCH3 is 1. The van der Waals surface area contributed by atoms with Gasteiger partial charge in [0.1, 0.15) is 24.6 Å². The van der Waals surface area contributed by atoms with Crippen LogP contribution in [0.1, 0.15) is 67.8 Å². The van der Waals surface area contributed by atoms with Gasteiger partial charge in [-0.15, -0.1) is 0 Å². The predicted octanol–water partition coefficient (Wildman–Crippen LogP) is 4.37. The Morgan fingerprint density at radius 1 is 0.766 bits per heavy atom. The minimum Gasteiger partial charge on any atom is -0.493 e. The Hall–Kier alpha value is -4.97. The second-order valence-electron chi connectivity index (χ2n) is 10.9. The molecule has 1 heterocycles. The molecule has 1 fully saturated rings. The molecular formula is C35H38O12. The molecule has 250 valence electrons. The van der Waals surface area contributed by atoms with Crippen molar-refractivity contribution < 1.29 is 57.1 Å². The summed E-state index contributed by atoms with van der Waals surface area (Å²) in [5.74, 6) is -2.89. The van der Waals surface area contributed by atoms with E-state index >= 15 is 0 Å². The predicted molar refractivity (Wildman–Crippen MR) is 166 cm³/mol. The van der Waals surface area contributed by atoms with Crippen molar-refractivity contribution in [1.29, 1.82) is 0 Å². The third-order valence-electron chi connectivity index (χ3n) is 7.45. The van der Waals surface area contributed by atoms with Crippen LogP contribution in [0.4, 0.5) is 0 Å². The lowest BCUT2D eigenvalue weighted by Gasteiger charge is -2.44. The van der Waals surface area contributed by atoms with E-state index in [0.717, 1.165) is 36.1 Å². The number of esters is 5. The van der Waals surface area contributed by atoms with Crippen molar-refractivity contribution in [2.24, 2.45) is 0 Å². The van der Waals surface area contributed by atoms with Crippen LogP contribution in [0, 0.1) is 0 Å². The summed E-state index contributed by atoms with van der Waals surface area (Å²) in [6, 6.07) is 16.6. The quantitative estimate of drug-likeness (QED) is 0.214. The smallest absolute Gasteiger partial charge is 0.338 e. The van der Waals surface area contributed by atoms with Gasteiger partial charge in [-0.3, -0.25) is 19.2 Å². The van der Waals surface area contributed by atoms with E-state index < -0.39 is 60.4 Å². The van der Waals surface area contributed by atoms with E-state index in [9.17, 15) is 24.0 Å². The molecule has 5 atom stereocenters. The number of hydrogen-bond donors (Lipinski definition) is 0. The van der Waals surface area contributed by atoms with Gasteiger partial charge in [0.2, 0.25) is 0 Å². The lowest BCUT2D eigenvalue weighted by atomic mass is 9.88. The Bertz CT molecular complexity index is 1600. The highest BCUT2D eigenvalue weighted by atomic mass is 16.7. The molecule has 0 N–H and O–H groups in total.